The van der Waals surface area contributed by atoms with E-state index in [2.05, 4.69) is 6.07 Å². The molecular formula is C27H30O7S2. The van der Waals surface area contributed by atoms with Gasteiger partial charge in [0.2, 0.25) is 0 Å². The summed E-state index contributed by atoms with van der Waals surface area (Å²) < 4.78 is 46.2. The van der Waals surface area contributed by atoms with E-state index in [1.54, 1.807) is 24.3 Å². The van der Waals surface area contributed by atoms with Gasteiger partial charge in [0.05, 0.1) is 23.2 Å². The zero-order valence-corrected chi connectivity index (χ0v) is 22.2. The first-order chi connectivity index (χ1) is 17.0. The third kappa shape index (κ3) is 8.20. The monoisotopic (exact) mass is 530 g/mol. The Balaban J connectivity index is 1.66. The number of benzene rings is 3. The number of carboxylic acids is 1. The summed E-state index contributed by atoms with van der Waals surface area (Å²) >= 11 is 0. The van der Waals surface area contributed by atoms with E-state index in [1.807, 2.05) is 44.2 Å². The molecular weight excluding hydrogens is 500 g/mol. The molecule has 0 amide bonds. The minimum absolute atomic E-state index is 0.103. The molecule has 1 atom stereocenters. The predicted octanol–water partition coefficient (Wildman–Crippen LogP) is 4.56. The molecule has 3 rings (SSSR count). The van der Waals surface area contributed by atoms with Crippen LogP contribution in [-0.4, -0.2) is 48.1 Å². The van der Waals surface area contributed by atoms with Gasteiger partial charge in [0, 0.05) is 11.2 Å². The minimum atomic E-state index is -3.00. The summed E-state index contributed by atoms with van der Waals surface area (Å²) in [6.45, 7) is 4.72. The van der Waals surface area contributed by atoms with Crippen LogP contribution in [-0.2, 0) is 32.0 Å². The topological polar surface area (TPSA) is 107 Å². The lowest BCUT2D eigenvalue weighted by Crippen LogP contribution is -2.09. The molecule has 0 radical (unpaired) electrons. The van der Waals surface area contributed by atoms with Crippen molar-refractivity contribution in [2.24, 2.45) is 0 Å². The van der Waals surface area contributed by atoms with Crippen LogP contribution >= 0.6 is 0 Å². The molecule has 0 bridgehead atoms. The molecule has 0 heterocycles. The smallest absolute Gasteiger partial charge is 0.316 e. The Bertz CT molecular complexity index is 1320. The Labute approximate surface area is 214 Å². The Morgan fingerprint density at radius 1 is 0.944 bits per heavy atom. The Kier molecular flexibility index (Phi) is 9.28. The van der Waals surface area contributed by atoms with Crippen molar-refractivity contribution in [1.82, 2.24) is 0 Å². The van der Waals surface area contributed by atoms with E-state index in [1.165, 1.54) is 6.26 Å². The van der Waals surface area contributed by atoms with E-state index < -0.39 is 32.4 Å². The molecule has 0 aliphatic heterocycles. The number of rotatable bonds is 12. The quantitative estimate of drug-likeness (QED) is 0.342. The van der Waals surface area contributed by atoms with Crippen LogP contribution in [0.4, 0.5) is 0 Å². The summed E-state index contributed by atoms with van der Waals surface area (Å²) in [6, 6.07) is 18.6. The summed E-state index contributed by atoms with van der Waals surface area (Å²) in [5.74, 6) is -0.115. The fraction of sp³-hybridized carbons (Fsp3) is 0.296. The van der Waals surface area contributed by atoms with Gasteiger partial charge in [0.25, 0.3) is 0 Å². The minimum Gasteiger partial charge on any atom is -0.494 e. The highest BCUT2D eigenvalue weighted by molar-refractivity contribution is 7.90. The maximum atomic E-state index is 12.0. The van der Waals surface area contributed by atoms with Crippen LogP contribution in [0.5, 0.6) is 11.5 Å². The maximum absolute atomic E-state index is 12.0. The molecule has 7 nitrogen and oxygen atoms in total. The first-order valence-electron chi connectivity index (χ1n) is 11.4. The standard InChI is InChI=1S/C27H30O7S2/c1-19-14-24(33-12-5-13-36(3,31)32)15-20(2)27(19)22-7-4-6-21(16-22)17-34-23-8-10-25(11-9-23)35(30)18-26(28)29/h4,6-11,14-16H,5,12-13,17-18H2,1-3H3,(H,28,29)/t35-/m0/s1. The van der Waals surface area contributed by atoms with Gasteiger partial charge in [-0.3, -0.25) is 9.00 Å². The lowest BCUT2D eigenvalue weighted by atomic mass is 9.94. The van der Waals surface area contributed by atoms with Crippen molar-refractivity contribution in [2.75, 3.05) is 24.4 Å². The average molecular weight is 531 g/mol. The molecule has 0 fully saturated rings. The van der Waals surface area contributed by atoms with Gasteiger partial charge in [-0.15, -0.1) is 0 Å². The largest absolute Gasteiger partial charge is 0.494 e. The molecule has 0 saturated heterocycles. The van der Waals surface area contributed by atoms with Crippen molar-refractivity contribution < 1.29 is 32.0 Å². The van der Waals surface area contributed by atoms with E-state index in [-0.39, 0.29) is 5.75 Å². The predicted molar refractivity (Wildman–Crippen MR) is 141 cm³/mol. The molecule has 0 aromatic heterocycles. The highest BCUT2D eigenvalue weighted by atomic mass is 32.2. The van der Waals surface area contributed by atoms with Crippen LogP contribution in [0, 0.1) is 13.8 Å². The van der Waals surface area contributed by atoms with Gasteiger partial charge in [-0.25, -0.2) is 8.42 Å². The van der Waals surface area contributed by atoms with Crippen molar-refractivity contribution >= 4 is 26.6 Å². The number of hydrogen-bond donors (Lipinski definition) is 1. The van der Waals surface area contributed by atoms with Crippen molar-refractivity contribution in [3.05, 3.63) is 77.4 Å². The number of carbonyl (C=O) groups is 1. The SMILES string of the molecule is Cc1cc(OCCCS(C)(=O)=O)cc(C)c1-c1cccc(COc2ccc([S@@](=O)CC(=O)O)cc2)c1. The number of aryl methyl sites for hydroxylation is 2. The van der Waals surface area contributed by atoms with Crippen LogP contribution < -0.4 is 9.47 Å². The molecule has 0 aliphatic carbocycles. The molecule has 1 N–H and O–H groups in total. The lowest BCUT2D eigenvalue weighted by Gasteiger charge is -2.15. The van der Waals surface area contributed by atoms with Crippen LogP contribution in [0.25, 0.3) is 11.1 Å². The second-order valence-corrected chi connectivity index (χ2v) is 12.3. The zero-order chi connectivity index (χ0) is 26.3. The van der Waals surface area contributed by atoms with Gasteiger partial charge in [-0.05, 0) is 90.6 Å². The van der Waals surface area contributed by atoms with Crippen molar-refractivity contribution in [3.63, 3.8) is 0 Å². The summed E-state index contributed by atoms with van der Waals surface area (Å²) in [5.41, 5.74) is 5.23. The second-order valence-electron chi connectivity index (χ2n) is 8.61. The fourth-order valence-corrected chi connectivity index (χ4v) is 5.31. The van der Waals surface area contributed by atoms with E-state index in [0.717, 1.165) is 33.6 Å². The van der Waals surface area contributed by atoms with Crippen LogP contribution in [0.3, 0.4) is 0 Å². The van der Waals surface area contributed by atoms with Gasteiger partial charge in [-0.1, -0.05) is 18.2 Å². The molecule has 192 valence electrons. The summed E-state index contributed by atoms with van der Waals surface area (Å²) in [7, 11) is -4.58. The molecule has 0 unspecified atom stereocenters. The fourth-order valence-electron chi connectivity index (χ4n) is 3.84. The molecule has 0 saturated carbocycles. The first kappa shape index (κ1) is 27.4. The van der Waals surface area contributed by atoms with Gasteiger partial charge in [0.15, 0.2) is 0 Å². The Morgan fingerprint density at radius 2 is 1.61 bits per heavy atom. The van der Waals surface area contributed by atoms with Gasteiger partial charge in [-0.2, -0.15) is 0 Å². The molecule has 3 aromatic carbocycles. The third-order valence-electron chi connectivity index (χ3n) is 5.40. The van der Waals surface area contributed by atoms with E-state index in [9.17, 15) is 17.4 Å². The van der Waals surface area contributed by atoms with Crippen LogP contribution in [0.2, 0.25) is 0 Å². The lowest BCUT2D eigenvalue weighted by molar-refractivity contribution is -0.133. The summed E-state index contributed by atoms with van der Waals surface area (Å²) in [5, 5.41) is 8.79. The van der Waals surface area contributed by atoms with E-state index >= 15 is 0 Å². The molecule has 0 spiro atoms. The number of sulfone groups is 1. The van der Waals surface area contributed by atoms with Crippen molar-refractivity contribution in [3.8, 4) is 22.6 Å². The maximum Gasteiger partial charge on any atom is 0.316 e. The van der Waals surface area contributed by atoms with E-state index in [0.29, 0.717) is 30.3 Å². The molecule has 36 heavy (non-hydrogen) atoms. The number of aliphatic carboxylic acids is 1. The first-order valence-corrected chi connectivity index (χ1v) is 14.7. The molecule has 0 aliphatic rings. The molecule has 9 heteroatoms. The highest BCUT2D eigenvalue weighted by Crippen LogP contribution is 2.32. The normalized spacial score (nSPS) is 12.2. The summed E-state index contributed by atoms with van der Waals surface area (Å²) in [4.78, 5) is 11.2. The second kappa shape index (κ2) is 12.2. The van der Waals surface area contributed by atoms with Crippen LogP contribution in [0.1, 0.15) is 23.1 Å². The number of hydrogen-bond acceptors (Lipinski definition) is 6. The van der Waals surface area contributed by atoms with Crippen molar-refractivity contribution in [2.45, 2.75) is 31.8 Å². The van der Waals surface area contributed by atoms with Crippen LogP contribution in [0.15, 0.2) is 65.6 Å². The Hall–Kier alpha value is -3.17. The zero-order valence-electron chi connectivity index (χ0n) is 20.5. The number of carboxylic acid groups (broad SMARTS) is 1. The Morgan fingerprint density at radius 3 is 2.22 bits per heavy atom. The summed E-state index contributed by atoms with van der Waals surface area (Å²) in [6.07, 6.45) is 1.67. The average Bonchev–Trinajstić information content (AvgIpc) is 2.80. The van der Waals surface area contributed by atoms with Gasteiger partial charge >= 0.3 is 5.97 Å². The third-order valence-corrected chi connectivity index (χ3v) is 7.73. The van der Waals surface area contributed by atoms with Crippen molar-refractivity contribution in [1.29, 1.82) is 0 Å². The number of ether oxygens (including phenoxy) is 2. The molecule has 3 aromatic rings. The highest BCUT2D eigenvalue weighted by Gasteiger charge is 2.11. The van der Waals surface area contributed by atoms with Gasteiger partial charge in [0.1, 0.15) is 33.7 Å². The van der Waals surface area contributed by atoms with Gasteiger partial charge < -0.3 is 14.6 Å². The van der Waals surface area contributed by atoms with E-state index in [4.69, 9.17) is 14.6 Å².